The zero-order valence-electron chi connectivity index (χ0n) is 71.1. The van der Waals surface area contributed by atoms with Crippen LogP contribution in [0.1, 0.15) is 186 Å². The third kappa shape index (κ3) is 5.76. The van der Waals surface area contributed by atoms with E-state index in [-0.39, 0.29) is 11.5 Å². The SMILES string of the molecule is CCCCCCc1ccsc1-c1ccc(-c2ccc(-c3sc(-c4cc(CCCCCC)c(-c5ccc(-c6ccc(-c7sc(C8N(C)CC9%10c%11c%12c%13c%14c%15c%16c(c%17c%18c9c9c%11c%11c%19c%12c%12c%13c%13c%15c%15c%20c%16c%16c%17c%17c%18c%18c9c9c%11c%11c%19c%19c%12c%12c%13c%15c%13c%15c%20c%16c%16c%17c%17c%18c9c9c%11c%11c%19c%12c%13c%12c%15c%16c%17c9c%11%12)C%148%10)cc7CCCCCC)s6)s5)s4)cc3CCCCCC)s2)s1. The van der Waals surface area contributed by atoms with Crippen LogP contribution in [0.25, 0.3) is 359 Å². The Hall–Kier alpha value is -9.98. The van der Waals surface area contributed by atoms with E-state index in [1.807, 2.05) is 34.0 Å². The number of aryl methyl sites for hydroxylation is 4. The molecule has 1 nitrogen and oxygen atoms in total. The number of likely N-dealkylation sites (N-methyl/N-ethyl adjacent to an activating group) is 1. The van der Waals surface area contributed by atoms with Crippen LogP contribution in [0, 0.1) is 0 Å². The number of unbranched alkanes of at least 4 members (excludes halogenated alkanes) is 12. The van der Waals surface area contributed by atoms with Crippen LogP contribution in [0.15, 0.2) is 78.2 Å². The van der Waals surface area contributed by atoms with Gasteiger partial charge in [-0.1, -0.05) is 105 Å². The average Bonchev–Trinajstić information content (AvgIpc) is 1.38. The van der Waals surface area contributed by atoms with Gasteiger partial charge in [-0.15, -0.1) is 90.7 Å². The summed E-state index contributed by atoms with van der Waals surface area (Å²) in [4.78, 5) is 25.1. The van der Waals surface area contributed by atoms with Crippen LogP contribution in [-0.2, 0) is 36.5 Å². The summed E-state index contributed by atoms with van der Waals surface area (Å²) in [6, 6.07) is 30.6. The Bertz CT molecular complexity index is 10600. The highest BCUT2D eigenvalue weighted by molar-refractivity contribution is 7.32. The van der Waals surface area contributed by atoms with Crippen molar-refractivity contribution in [2.45, 2.75) is 173 Å². The highest BCUT2D eigenvalue weighted by atomic mass is 32.1. The van der Waals surface area contributed by atoms with Gasteiger partial charge in [-0.05, 0) is 472 Å². The molecule has 28 aromatic carbocycles. The summed E-state index contributed by atoms with van der Waals surface area (Å²) in [5.74, 6) is 0. The highest BCUT2D eigenvalue weighted by Crippen LogP contribution is 2.88. The molecule has 600 valence electrons. The van der Waals surface area contributed by atoms with Crippen molar-refractivity contribution in [1.82, 2.24) is 4.90 Å². The van der Waals surface area contributed by atoms with Crippen molar-refractivity contribution < 1.29 is 0 Å². The van der Waals surface area contributed by atoms with Gasteiger partial charge in [0, 0.05) is 79.7 Å². The normalized spacial score (nSPS) is 18.6. The fourth-order valence-corrected chi connectivity index (χ4v) is 44.1. The van der Waals surface area contributed by atoms with Crippen molar-refractivity contribution in [2.24, 2.45) is 0 Å². The molecule has 1 unspecified atom stereocenters. The van der Waals surface area contributed by atoms with E-state index in [9.17, 15) is 0 Å². The molecule has 0 radical (unpaired) electrons. The molecule has 0 amide bonds. The Morgan fingerprint density at radius 2 is 0.477 bits per heavy atom. The molecular formula is C119H71NS8. The topological polar surface area (TPSA) is 3.24 Å². The van der Waals surface area contributed by atoms with Gasteiger partial charge in [0.1, 0.15) is 0 Å². The van der Waals surface area contributed by atoms with Crippen molar-refractivity contribution >= 4 is 382 Å². The Morgan fingerprint density at radius 1 is 0.234 bits per heavy atom. The van der Waals surface area contributed by atoms with Crippen molar-refractivity contribution in [3.05, 3.63) is 128 Å². The van der Waals surface area contributed by atoms with Gasteiger partial charge in [0.2, 0.25) is 0 Å². The van der Waals surface area contributed by atoms with E-state index >= 15 is 0 Å². The molecular weight excluding hydrogens is 1700 g/mol. The summed E-state index contributed by atoms with van der Waals surface area (Å²) in [6.07, 6.45) is 25.0. The number of hydrogen-bond donors (Lipinski definition) is 0. The first kappa shape index (κ1) is 65.5. The van der Waals surface area contributed by atoms with Gasteiger partial charge >= 0.3 is 0 Å². The van der Waals surface area contributed by atoms with Gasteiger partial charge in [-0.2, -0.15) is 0 Å². The third-order valence-electron chi connectivity index (χ3n) is 37.6. The van der Waals surface area contributed by atoms with Gasteiger partial charge in [0.15, 0.2) is 0 Å². The second kappa shape index (κ2) is 19.9. The number of rotatable bonds is 28. The second-order valence-corrected chi connectivity index (χ2v) is 50.8. The molecule has 5 aliphatic rings. The maximum absolute atomic E-state index is 3.09. The molecule has 9 heterocycles. The summed E-state index contributed by atoms with van der Waals surface area (Å²) in [7, 11) is 2.68. The summed E-state index contributed by atoms with van der Waals surface area (Å²) in [5, 5.41) is 93.2. The minimum atomic E-state index is -0.395. The first-order chi connectivity index (χ1) is 63.4. The lowest BCUT2D eigenvalue weighted by Crippen LogP contribution is -2.51. The highest BCUT2D eigenvalue weighted by Gasteiger charge is 2.76. The predicted octanol–water partition coefficient (Wildman–Crippen LogP) is 38.6. The van der Waals surface area contributed by atoms with Crippen molar-refractivity contribution in [3.63, 3.8) is 0 Å². The molecule has 1 saturated heterocycles. The monoisotopic (exact) mass is 1770 g/mol. The average molecular weight is 1770 g/mol. The van der Waals surface area contributed by atoms with Crippen LogP contribution in [-0.4, -0.2) is 18.5 Å². The quantitative estimate of drug-likeness (QED) is 0.0349. The van der Waals surface area contributed by atoms with Gasteiger partial charge in [-0.3, -0.25) is 4.90 Å². The molecule has 0 saturated carbocycles. The summed E-state index contributed by atoms with van der Waals surface area (Å²) >= 11 is 16.6. The predicted molar refractivity (Wildman–Crippen MR) is 568 cm³/mol. The standard InChI is InChI=1S/C119H71NS8/c1-6-10-14-18-22-40-34-35-121-113(40)48-30-26-44(122-48)45-27-31-49(123-45)114-41(23-19-15-11-7-2)36-52(126-114)53-37-42(24-20-16-12-8-3)115(127-53)50-32-28-46(124-50)47-29-33-51(125-47)116-43(25-21-17-13-9-4)38-54(128-116)117-119-111-105-99-89-77-69-61-57-55-56-59-63(61)71(77)81-75-67(59)68-60(56)64-62-58(55)66-65(57)73-79(69)87-93-83(73)84-74(66)80-70(62)78-72(64)82-76(68)86-85(75)97(91(81)99)107(111)108-98(86)92(82)100-90(78)96-88(80)94(84)102-101(93)109(103(105)95(87)89)118(119,39-120(117)5)110(102)104(96)106(100)112(108)119/h26-38,117H,6-25,39H2,1-5H3. The fourth-order valence-electron chi connectivity index (χ4n) is 34.4. The van der Waals surface area contributed by atoms with E-state index in [1.165, 1.54) is 178 Å². The Labute approximate surface area is 761 Å². The van der Waals surface area contributed by atoms with Crippen LogP contribution in [0.2, 0.25) is 0 Å². The van der Waals surface area contributed by atoms with Gasteiger partial charge in [-0.25, -0.2) is 0 Å². The Morgan fingerprint density at radius 3 is 0.766 bits per heavy atom. The molecule has 41 rings (SSSR count). The molecule has 36 aromatic rings. The molecule has 1 aliphatic heterocycles. The molecule has 128 heavy (non-hydrogen) atoms. The van der Waals surface area contributed by atoms with Crippen molar-refractivity contribution in [1.29, 1.82) is 0 Å². The van der Waals surface area contributed by atoms with Crippen LogP contribution < -0.4 is 0 Å². The van der Waals surface area contributed by atoms with Crippen molar-refractivity contribution in [2.75, 3.05) is 13.6 Å². The molecule has 8 aromatic heterocycles. The second-order valence-electron chi connectivity index (χ2n) is 42.4. The minimum absolute atomic E-state index is 0.111. The summed E-state index contributed by atoms with van der Waals surface area (Å²) < 4.78 is 0. The van der Waals surface area contributed by atoms with E-state index in [0.29, 0.717) is 0 Å². The van der Waals surface area contributed by atoms with Crippen LogP contribution in [0.4, 0.5) is 0 Å². The first-order valence-corrected chi connectivity index (χ1v) is 55.3. The van der Waals surface area contributed by atoms with Gasteiger partial charge in [0.25, 0.3) is 0 Å². The van der Waals surface area contributed by atoms with E-state index in [2.05, 4.69) is 175 Å². The summed E-state index contributed by atoms with van der Waals surface area (Å²) in [5.41, 5.74) is 12.7. The van der Waals surface area contributed by atoms with E-state index in [1.54, 1.807) is 340 Å². The number of thiophene rings is 8. The summed E-state index contributed by atoms with van der Waals surface area (Å²) in [6.45, 7) is 10.5. The maximum Gasteiger partial charge on any atom is 0.0591 e. The van der Waals surface area contributed by atoms with Gasteiger partial charge in [0.05, 0.1) is 16.9 Å². The molecule has 9 heteroatoms. The lowest BCUT2D eigenvalue weighted by molar-refractivity contribution is 0.276. The molecule has 0 N–H and O–H groups in total. The lowest BCUT2D eigenvalue weighted by Gasteiger charge is -2.52. The van der Waals surface area contributed by atoms with E-state index < -0.39 is 5.41 Å². The number of likely N-dealkylation sites (tertiary alicyclic amines) is 1. The largest absolute Gasteiger partial charge is 0.296 e. The molecule has 2 spiro atoms. The zero-order valence-corrected chi connectivity index (χ0v) is 77.7. The number of nitrogens with zero attached hydrogens (tertiary/aromatic N) is 1. The number of hydrogen-bond acceptors (Lipinski definition) is 9. The van der Waals surface area contributed by atoms with Crippen LogP contribution in [0.5, 0.6) is 0 Å². The zero-order chi connectivity index (χ0) is 81.3. The molecule has 0 bridgehead atoms. The Balaban J connectivity index is 0.525. The smallest absolute Gasteiger partial charge is 0.0591 e. The number of benzene rings is 18. The molecule has 4 aliphatic carbocycles. The Kier molecular flexibility index (Phi) is 10.2. The molecule has 1 fully saturated rings. The van der Waals surface area contributed by atoms with E-state index in [0.717, 1.165) is 25.8 Å². The van der Waals surface area contributed by atoms with Crippen LogP contribution >= 0.6 is 90.7 Å². The van der Waals surface area contributed by atoms with Crippen molar-refractivity contribution in [3.8, 4) is 68.3 Å². The minimum Gasteiger partial charge on any atom is -0.296 e. The fraction of sp³-hybridized carbons (Fsp3) is 0.244. The van der Waals surface area contributed by atoms with E-state index in [4.69, 9.17) is 0 Å². The van der Waals surface area contributed by atoms with Gasteiger partial charge < -0.3 is 0 Å². The first-order valence-electron chi connectivity index (χ1n) is 48.7. The van der Waals surface area contributed by atoms with Crippen LogP contribution in [0.3, 0.4) is 0 Å². The molecule has 1 atom stereocenters. The maximum atomic E-state index is 3.09. The lowest BCUT2D eigenvalue weighted by atomic mass is 9.48. The third-order valence-corrected chi connectivity index (χ3v) is 47.8.